The van der Waals surface area contributed by atoms with Crippen LogP contribution in [0.25, 0.3) is 0 Å². The molecule has 0 fully saturated rings. The van der Waals surface area contributed by atoms with E-state index in [9.17, 15) is 4.79 Å². The molecule has 0 aliphatic heterocycles. The second kappa shape index (κ2) is 4.28. The van der Waals surface area contributed by atoms with Crippen LogP contribution >= 0.6 is 0 Å². The Kier molecular flexibility index (Phi) is 4.03. The summed E-state index contributed by atoms with van der Waals surface area (Å²) in [5.74, 6) is 0.112. The minimum atomic E-state index is -0.236. The van der Waals surface area contributed by atoms with Crippen molar-refractivity contribution in [3.05, 3.63) is 0 Å². The van der Waals surface area contributed by atoms with Gasteiger partial charge in [0.1, 0.15) is 0 Å². The summed E-state index contributed by atoms with van der Waals surface area (Å²) in [5, 5.41) is 0. The number of amides is 1. The molecule has 0 spiro atoms. The van der Waals surface area contributed by atoms with Crippen molar-refractivity contribution < 1.29 is 4.79 Å². The highest BCUT2D eigenvalue weighted by Crippen LogP contribution is 2.08. The van der Waals surface area contributed by atoms with Gasteiger partial charge in [-0.2, -0.15) is 0 Å². The Morgan fingerprint density at radius 3 is 2.30 bits per heavy atom. The summed E-state index contributed by atoms with van der Waals surface area (Å²) in [6.45, 7) is 4.46. The van der Waals surface area contributed by atoms with Crippen LogP contribution in [0.4, 0.5) is 0 Å². The van der Waals surface area contributed by atoms with E-state index in [0.717, 1.165) is 6.42 Å². The van der Waals surface area contributed by atoms with Gasteiger partial charge in [-0.15, -0.1) is 0 Å². The molecule has 0 rings (SSSR count). The van der Waals surface area contributed by atoms with Crippen LogP contribution in [0.1, 0.15) is 20.3 Å². The highest BCUT2D eigenvalue weighted by molar-refractivity contribution is 5.76. The summed E-state index contributed by atoms with van der Waals surface area (Å²) >= 11 is 0. The molecule has 3 nitrogen and oxygen atoms in total. The van der Waals surface area contributed by atoms with Gasteiger partial charge in [-0.1, -0.05) is 13.8 Å². The average molecular weight is 144 g/mol. The molecule has 0 aromatic carbocycles. The zero-order valence-electron chi connectivity index (χ0n) is 6.63. The Balaban J connectivity index is 3.56. The lowest BCUT2D eigenvalue weighted by Gasteiger charge is -2.11. The highest BCUT2D eigenvalue weighted by atomic mass is 16.1. The first-order valence-electron chi connectivity index (χ1n) is 3.57. The van der Waals surface area contributed by atoms with Gasteiger partial charge in [0.15, 0.2) is 0 Å². The molecule has 10 heavy (non-hydrogen) atoms. The standard InChI is InChI=1S/C7H16N2O/c1-5(4-8)3-6(2)7(9)10/h5-6H,3-4,8H2,1-2H3,(H2,9,10)/t5-,6?/m1/s1. The van der Waals surface area contributed by atoms with Crippen molar-refractivity contribution >= 4 is 5.91 Å². The van der Waals surface area contributed by atoms with Crippen LogP contribution in [-0.4, -0.2) is 12.5 Å². The Bertz CT molecular complexity index is 114. The normalized spacial score (nSPS) is 16.3. The molecule has 2 atom stereocenters. The van der Waals surface area contributed by atoms with Crippen molar-refractivity contribution in [1.29, 1.82) is 0 Å². The zero-order chi connectivity index (χ0) is 8.15. The first-order valence-corrected chi connectivity index (χ1v) is 3.57. The van der Waals surface area contributed by atoms with E-state index in [1.807, 2.05) is 13.8 Å². The van der Waals surface area contributed by atoms with Crippen LogP contribution in [0.5, 0.6) is 0 Å². The summed E-state index contributed by atoms with van der Waals surface area (Å²) in [6.07, 6.45) is 0.797. The lowest BCUT2D eigenvalue weighted by molar-refractivity contribution is -0.121. The SMILES string of the molecule is CC(C[C@@H](C)CN)C(N)=O. The number of carbonyl (C=O) groups is 1. The zero-order valence-corrected chi connectivity index (χ0v) is 6.63. The van der Waals surface area contributed by atoms with Crippen molar-refractivity contribution in [2.24, 2.45) is 23.3 Å². The molecule has 0 saturated carbocycles. The van der Waals surface area contributed by atoms with Crippen LogP contribution in [0, 0.1) is 11.8 Å². The third-order valence-electron chi connectivity index (χ3n) is 1.64. The van der Waals surface area contributed by atoms with Crippen LogP contribution in [-0.2, 0) is 4.79 Å². The van der Waals surface area contributed by atoms with Crippen LogP contribution in [0.2, 0.25) is 0 Å². The summed E-state index contributed by atoms with van der Waals surface area (Å²) in [7, 11) is 0. The predicted octanol–water partition coefficient (Wildman–Crippen LogP) is 0.0927. The molecule has 0 saturated heterocycles. The fourth-order valence-corrected chi connectivity index (χ4v) is 0.816. The Morgan fingerprint density at radius 2 is 2.00 bits per heavy atom. The number of primary amides is 1. The molecule has 60 valence electrons. The molecule has 0 aliphatic carbocycles. The maximum Gasteiger partial charge on any atom is 0.220 e. The van der Waals surface area contributed by atoms with E-state index >= 15 is 0 Å². The highest BCUT2D eigenvalue weighted by Gasteiger charge is 2.11. The quantitative estimate of drug-likeness (QED) is 0.587. The second-order valence-corrected chi connectivity index (χ2v) is 2.88. The van der Waals surface area contributed by atoms with E-state index in [4.69, 9.17) is 11.5 Å². The molecule has 0 aliphatic rings. The third kappa shape index (κ3) is 3.45. The summed E-state index contributed by atoms with van der Waals surface area (Å²) in [4.78, 5) is 10.5. The van der Waals surface area contributed by atoms with Crippen LogP contribution < -0.4 is 11.5 Å². The number of hydrogen-bond acceptors (Lipinski definition) is 2. The molecule has 0 bridgehead atoms. The Hall–Kier alpha value is -0.570. The van der Waals surface area contributed by atoms with E-state index in [1.165, 1.54) is 0 Å². The Morgan fingerprint density at radius 1 is 1.50 bits per heavy atom. The lowest BCUT2D eigenvalue weighted by Crippen LogP contribution is -2.24. The van der Waals surface area contributed by atoms with E-state index in [0.29, 0.717) is 12.5 Å². The molecule has 3 heteroatoms. The van der Waals surface area contributed by atoms with E-state index < -0.39 is 0 Å². The number of carbonyl (C=O) groups excluding carboxylic acids is 1. The summed E-state index contributed by atoms with van der Waals surface area (Å²) in [5.41, 5.74) is 10.4. The minimum absolute atomic E-state index is 0.0430. The van der Waals surface area contributed by atoms with Gasteiger partial charge >= 0.3 is 0 Å². The van der Waals surface area contributed by atoms with Gasteiger partial charge in [0.2, 0.25) is 5.91 Å². The van der Waals surface area contributed by atoms with E-state index in [-0.39, 0.29) is 11.8 Å². The first-order chi connectivity index (χ1) is 4.57. The van der Waals surface area contributed by atoms with Crippen molar-refractivity contribution in [3.8, 4) is 0 Å². The summed E-state index contributed by atoms with van der Waals surface area (Å²) in [6, 6.07) is 0. The molecule has 0 radical (unpaired) electrons. The van der Waals surface area contributed by atoms with Gasteiger partial charge in [-0.3, -0.25) is 4.79 Å². The smallest absolute Gasteiger partial charge is 0.220 e. The Labute approximate surface area is 61.8 Å². The summed E-state index contributed by atoms with van der Waals surface area (Å²) < 4.78 is 0. The van der Waals surface area contributed by atoms with Crippen molar-refractivity contribution in [2.75, 3.05) is 6.54 Å². The topological polar surface area (TPSA) is 69.1 Å². The number of nitrogens with two attached hydrogens (primary N) is 2. The van der Waals surface area contributed by atoms with E-state index in [2.05, 4.69) is 0 Å². The van der Waals surface area contributed by atoms with Crippen LogP contribution in [0.3, 0.4) is 0 Å². The van der Waals surface area contributed by atoms with Gasteiger partial charge in [0.25, 0.3) is 0 Å². The van der Waals surface area contributed by atoms with Crippen molar-refractivity contribution in [3.63, 3.8) is 0 Å². The largest absolute Gasteiger partial charge is 0.369 e. The second-order valence-electron chi connectivity index (χ2n) is 2.88. The lowest BCUT2D eigenvalue weighted by atomic mass is 9.97. The maximum absolute atomic E-state index is 10.5. The van der Waals surface area contributed by atoms with Crippen LogP contribution in [0.15, 0.2) is 0 Å². The van der Waals surface area contributed by atoms with Gasteiger partial charge in [0, 0.05) is 5.92 Å². The van der Waals surface area contributed by atoms with Crippen molar-refractivity contribution in [1.82, 2.24) is 0 Å². The molecular weight excluding hydrogens is 128 g/mol. The van der Waals surface area contributed by atoms with Gasteiger partial charge in [-0.05, 0) is 18.9 Å². The molecule has 0 aromatic rings. The third-order valence-corrected chi connectivity index (χ3v) is 1.64. The molecule has 0 heterocycles. The van der Waals surface area contributed by atoms with Gasteiger partial charge in [0.05, 0.1) is 0 Å². The predicted molar refractivity (Wildman–Crippen MR) is 41.2 cm³/mol. The maximum atomic E-state index is 10.5. The molecule has 1 amide bonds. The average Bonchev–Trinajstić information content (AvgIpc) is 1.87. The number of rotatable bonds is 4. The molecule has 1 unspecified atom stereocenters. The molecule has 0 aromatic heterocycles. The molecular formula is C7H16N2O. The fourth-order valence-electron chi connectivity index (χ4n) is 0.816. The fraction of sp³-hybridized carbons (Fsp3) is 0.857. The van der Waals surface area contributed by atoms with Gasteiger partial charge in [-0.25, -0.2) is 0 Å². The molecule has 4 N–H and O–H groups in total. The monoisotopic (exact) mass is 144 g/mol. The van der Waals surface area contributed by atoms with Crippen molar-refractivity contribution in [2.45, 2.75) is 20.3 Å². The van der Waals surface area contributed by atoms with E-state index in [1.54, 1.807) is 0 Å². The number of hydrogen-bond donors (Lipinski definition) is 2. The van der Waals surface area contributed by atoms with Gasteiger partial charge < -0.3 is 11.5 Å². The minimum Gasteiger partial charge on any atom is -0.369 e. The first kappa shape index (κ1) is 9.43.